The minimum atomic E-state index is 1.07. The van der Waals surface area contributed by atoms with Crippen molar-refractivity contribution in [1.82, 2.24) is 4.98 Å². The third-order valence-corrected chi connectivity index (χ3v) is 3.25. The number of benzene rings is 1. The van der Waals surface area contributed by atoms with Crippen molar-refractivity contribution in [1.29, 1.82) is 0 Å². The van der Waals surface area contributed by atoms with Gasteiger partial charge in [0.05, 0.1) is 0 Å². The van der Waals surface area contributed by atoms with E-state index in [9.17, 15) is 0 Å². The van der Waals surface area contributed by atoms with Crippen molar-refractivity contribution in [3.8, 4) is 11.1 Å². The first kappa shape index (κ1) is 12.8. The van der Waals surface area contributed by atoms with Gasteiger partial charge in [0.1, 0.15) is 0 Å². The molecule has 1 heterocycles. The molecule has 1 heteroatoms. The molecule has 0 aliphatic rings. The fourth-order valence-electron chi connectivity index (χ4n) is 2.17. The van der Waals surface area contributed by atoms with Crippen LogP contribution in [0, 0.1) is 6.92 Å². The molecular formula is C17H21N. The third-order valence-electron chi connectivity index (χ3n) is 3.25. The van der Waals surface area contributed by atoms with E-state index in [1.54, 1.807) is 0 Å². The smallest absolute Gasteiger partial charge is 0.0378 e. The second kappa shape index (κ2) is 6.34. The van der Waals surface area contributed by atoms with Gasteiger partial charge in [0.25, 0.3) is 0 Å². The highest BCUT2D eigenvalue weighted by molar-refractivity contribution is 5.63. The van der Waals surface area contributed by atoms with Crippen LogP contribution in [0.2, 0.25) is 0 Å². The highest BCUT2D eigenvalue weighted by Gasteiger charge is 1.99. The summed E-state index contributed by atoms with van der Waals surface area (Å²) in [5.41, 5.74) is 5.04. The summed E-state index contributed by atoms with van der Waals surface area (Å²) in [4.78, 5) is 4.23. The molecule has 1 aromatic carbocycles. The molecule has 0 N–H and O–H groups in total. The topological polar surface area (TPSA) is 12.9 Å². The Morgan fingerprint density at radius 2 is 1.72 bits per heavy atom. The summed E-state index contributed by atoms with van der Waals surface area (Å²) < 4.78 is 0. The highest BCUT2D eigenvalue weighted by Crippen LogP contribution is 2.20. The number of hydrogen-bond donors (Lipinski definition) is 0. The minimum absolute atomic E-state index is 1.07. The van der Waals surface area contributed by atoms with Crippen molar-refractivity contribution in [2.45, 2.75) is 39.5 Å². The van der Waals surface area contributed by atoms with Crippen LogP contribution >= 0.6 is 0 Å². The standard InChI is InChI=1S/C17H21N/c1-3-4-5-6-15-7-9-16(10-8-15)17-11-12-18-14(2)13-17/h7-13H,3-6H2,1-2H3. The Kier molecular flexibility index (Phi) is 4.52. The lowest BCUT2D eigenvalue weighted by atomic mass is 10.0. The van der Waals surface area contributed by atoms with Crippen molar-refractivity contribution in [3.63, 3.8) is 0 Å². The highest BCUT2D eigenvalue weighted by atomic mass is 14.6. The molecule has 0 amide bonds. The molecule has 0 saturated heterocycles. The summed E-state index contributed by atoms with van der Waals surface area (Å²) in [6.07, 6.45) is 6.98. The summed E-state index contributed by atoms with van der Waals surface area (Å²) in [6, 6.07) is 13.1. The van der Waals surface area contributed by atoms with Gasteiger partial charge in [-0.05, 0) is 48.6 Å². The molecule has 0 spiro atoms. The number of hydrogen-bond acceptors (Lipinski definition) is 1. The van der Waals surface area contributed by atoms with Crippen molar-refractivity contribution in [3.05, 3.63) is 53.9 Å². The van der Waals surface area contributed by atoms with Gasteiger partial charge in [-0.25, -0.2) is 0 Å². The molecule has 0 radical (unpaired) electrons. The van der Waals surface area contributed by atoms with E-state index in [0.717, 1.165) is 5.69 Å². The Labute approximate surface area is 110 Å². The normalized spacial score (nSPS) is 10.6. The van der Waals surface area contributed by atoms with Crippen molar-refractivity contribution in [2.24, 2.45) is 0 Å². The van der Waals surface area contributed by atoms with Crippen LogP contribution in [0.4, 0.5) is 0 Å². The number of rotatable bonds is 5. The van der Waals surface area contributed by atoms with Gasteiger partial charge in [-0.1, -0.05) is 44.0 Å². The fraction of sp³-hybridized carbons (Fsp3) is 0.353. The molecule has 18 heavy (non-hydrogen) atoms. The first-order valence-electron chi connectivity index (χ1n) is 6.81. The molecule has 0 bridgehead atoms. The Hall–Kier alpha value is -1.63. The summed E-state index contributed by atoms with van der Waals surface area (Å²) >= 11 is 0. The summed E-state index contributed by atoms with van der Waals surface area (Å²) in [5, 5.41) is 0. The monoisotopic (exact) mass is 239 g/mol. The Morgan fingerprint density at radius 1 is 0.944 bits per heavy atom. The van der Waals surface area contributed by atoms with E-state index in [1.807, 2.05) is 13.1 Å². The number of unbranched alkanes of at least 4 members (excludes halogenated alkanes) is 2. The van der Waals surface area contributed by atoms with E-state index in [4.69, 9.17) is 0 Å². The summed E-state index contributed by atoms with van der Waals surface area (Å²) in [6.45, 7) is 4.28. The van der Waals surface area contributed by atoms with Crippen LogP contribution in [-0.4, -0.2) is 4.98 Å². The lowest BCUT2D eigenvalue weighted by Gasteiger charge is -2.05. The summed E-state index contributed by atoms with van der Waals surface area (Å²) in [7, 11) is 0. The van der Waals surface area contributed by atoms with Crippen LogP contribution in [0.3, 0.4) is 0 Å². The van der Waals surface area contributed by atoms with E-state index in [0.29, 0.717) is 0 Å². The molecule has 1 nitrogen and oxygen atoms in total. The SMILES string of the molecule is CCCCCc1ccc(-c2ccnc(C)c2)cc1. The lowest BCUT2D eigenvalue weighted by Crippen LogP contribution is -1.87. The predicted octanol–water partition coefficient (Wildman–Crippen LogP) is 4.79. The van der Waals surface area contributed by atoms with Crippen LogP contribution in [0.25, 0.3) is 11.1 Å². The largest absolute Gasteiger partial charge is 0.262 e. The maximum atomic E-state index is 4.23. The lowest BCUT2D eigenvalue weighted by molar-refractivity contribution is 0.717. The van der Waals surface area contributed by atoms with E-state index in [2.05, 4.69) is 48.3 Å². The van der Waals surface area contributed by atoms with Crippen LogP contribution < -0.4 is 0 Å². The average molecular weight is 239 g/mol. The number of nitrogens with zero attached hydrogens (tertiary/aromatic N) is 1. The van der Waals surface area contributed by atoms with Crippen LogP contribution in [0.5, 0.6) is 0 Å². The molecule has 0 unspecified atom stereocenters. The molecule has 0 aliphatic heterocycles. The fourth-order valence-corrected chi connectivity index (χ4v) is 2.17. The van der Waals surface area contributed by atoms with Crippen molar-refractivity contribution in [2.75, 3.05) is 0 Å². The molecule has 2 rings (SSSR count). The molecule has 1 aromatic heterocycles. The Balaban J connectivity index is 2.07. The summed E-state index contributed by atoms with van der Waals surface area (Å²) in [5.74, 6) is 0. The second-order valence-electron chi connectivity index (χ2n) is 4.84. The van der Waals surface area contributed by atoms with Gasteiger partial charge in [0, 0.05) is 11.9 Å². The number of aryl methyl sites for hydroxylation is 2. The van der Waals surface area contributed by atoms with E-state index in [-0.39, 0.29) is 0 Å². The van der Waals surface area contributed by atoms with Crippen LogP contribution in [0.15, 0.2) is 42.6 Å². The third kappa shape index (κ3) is 3.43. The van der Waals surface area contributed by atoms with Gasteiger partial charge in [0.2, 0.25) is 0 Å². The molecular weight excluding hydrogens is 218 g/mol. The zero-order valence-corrected chi connectivity index (χ0v) is 11.3. The van der Waals surface area contributed by atoms with Gasteiger partial charge >= 0.3 is 0 Å². The number of pyridine rings is 1. The van der Waals surface area contributed by atoms with Gasteiger partial charge in [-0.15, -0.1) is 0 Å². The molecule has 94 valence electrons. The van der Waals surface area contributed by atoms with Gasteiger partial charge < -0.3 is 0 Å². The second-order valence-corrected chi connectivity index (χ2v) is 4.84. The maximum absolute atomic E-state index is 4.23. The van der Waals surface area contributed by atoms with Crippen LogP contribution in [0.1, 0.15) is 37.4 Å². The van der Waals surface area contributed by atoms with Crippen LogP contribution in [-0.2, 0) is 6.42 Å². The van der Waals surface area contributed by atoms with E-state index >= 15 is 0 Å². The Morgan fingerprint density at radius 3 is 2.39 bits per heavy atom. The first-order chi connectivity index (χ1) is 8.79. The van der Waals surface area contributed by atoms with E-state index < -0.39 is 0 Å². The molecule has 2 aromatic rings. The average Bonchev–Trinajstić information content (AvgIpc) is 2.40. The first-order valence-corrected chi connectivity index (χ1v) is 6.81. The zero-order valence-electron chi connectivity index (χ0n) is 11.3. The van der Waals surface area contributed by atoms with Gasteiger partial charge in [-0.3, -0.25) is 4.98 Å². The maximum Gasteiger partial charge on any atom is 0.0378 e. The molecule has 0 saturated carbocycles. The predicted molar refractivity (Wildman–Crippen MR) is 77.6 cm³/mol. The Bertz CT molecular complexity index is 485. The number of aromatic nitrogens is 1. The van der Waals surface area contributed by atoms with E-state index in [1.165, 1.54) is 42.4 Å². The minimum Gasteiger partial charge on any atom is -0.262 e. The molecule has 0 atom stereocenters. The zero-order chi connectivity index (χ0) is 12.8. The van der Waals surface area contributed by atoms with Gasteiger partial charge in [-0.2, -0.15) is 0 Å². The van der Waals surface area contributed by atoms with Crippen molar-refractivity contribution < 1.29 is 0 Å². The quantitative estimate of drug-likeness (QED) is 0.684. The molecule has 0 fully saturated rings. The molecule has 0 aliphatic carbocycles. The van der Waals surface area contributed by atoms with Gasteiger partial charge in [0.15, 0.2) is 0 Å². The van der Waals surface area contributed by atoms with Crippen molar-refractivity contribution >= 4 is 0 Å².